The number of aromatic nitrogens is 1. The van der Waals surface area contributed by atoms with Crippen LogP contribution >= 0.6 is 0 Å². The predicted molar refractivity (Wildman–Crippen MR) is 166 cm³/mol. The van der Waals surface area contributed by atoms with E-state index in [-0.39, 0.29) is 37.8 Å². The van der Waals surface area contributed by atoms with Crippen LogP contribution in [0.25, 0.3) is 10.9 Å². The molecule has 9 heteroatoms. The molecule has 3 aromatic carbocycles. The molecule has 1 aliphatic heterocycles. The normalized spacial score (nSPS) is 16.9. The Morgan fingerprint density at radius 1 is 1.09 bits per heavy atom. The van der Waals surface area contributed by atoms with Gasteiger partial charge in [-0.15, -0.1) is 0 Å². The number of anilines is 2. The van der Waals surface area contributed by atoms with Gasteiger partial charge in [-0.1, -0.05) is 67.6 Å². The number of amides is 3. The number of hydrogen-bond donors (Lipinski definition) is 4. The number of carbonyl (C=O) groups excluding carboxylic acids is 3. The van der Waals surface area contributed by atoms with Gasteiger partial charge in [-0.05, 0) is 35.4 Å². The van der Waals surface area contributed by atoms with Gasteiger partial charge in [-0.2, -0.15) is 0 Å². The first kappa shape index (κ1) is 29.8. The Balaban J connectivity index is 1.29. The molecule has 0 saturated carbocycles. The molecule has 0 bridgehead atoms. The van der Waals surface area contributed by atoms with Crippen molar-refractivity contribution in [1.82, 2.24) is 9.88 Å². The van der Waals surface area contributed by atoms with Crippen molar-refractivity contribution in [1.29, 1.82) is 0 Å². The van der Waals surface area contributed by atoms with Crippen LogP contribution in [0.5, 0.6) is 0 Å². The van der Waals surface area contributed by atoms with Gasteiger partial charge in [-0.25, -0.2) is 0 Å². The second kappa shape index (κ2) is 12.6. The molecule has 0 spiro atoms. The highest BCUT2D eigenvalue weighted by atomic mass is 16.3. The van der Waals surface area contributed by atoms with Gasteiger partial charge in [0.15, 0.2) is 5.60 Å². The van der Waals surface area contributed by atoms with E-state index in [2.05, 4.69) is 10.3 Å². The van der Waals surface area contributed by atoms with Gasteiger partial charge >= 0.3 is 0 Å². The number of rotatable bonds is 11. The highest BCUT2D eigenvalue weighted by molar-refractivity contribution is 6.07. The zero-order valence-electron chi connectivity index (χ0n) is 24.3. The molecule has 2 heterocycles. The van der Waals surface area contributed by atoms with Crippen molar-refractivity contribution < 1.29 is 24.6 Å². The highest BCUT2D eigenvalue weighted by Gasteiger charge is 2.51. The summed E-state index contributed by atoms with van der Waals surface area (Å²) in [6.45, 7) is 2.14. The second-order valence-corrected chi connectivity index (χ2v) is 10.9. The quantitative estimate of drug-likeness (QED) is 0.199. The molecule has 0 unspecified atom stereocenters. The molecule has 0 saturated heterocycles. The van der Waals surface area contributed by atoms with E-state index in [9.17, 15) is 24.6 Å². The Kier molecular flexibility index (Phi) is 8.75. The van der Waals surface area contributed by atoms with Crippen molar-refractivity contribution >= 4 is 40.0 Å². The molecule has 0 aliphatic carbocycles. The summed E-state index contributed by atoms with van der Waals surface area (Å²) in [5, 5.41) is 25.2. The van der Waals surface area contributed by atoms with Crippen LogP contribution < -0.4 is 10.2 Å². The van der Waals surface area contributed by atoms with E-state index in [1.807, 2.05) is 60.8 Å². The summed E-state index contributed by atoms with van der Waals surface area (Å²) in [6.07, 6.45) is 5.35. The zero-order valence-corrected chi connectivity index (χ0v) is 24.3. The van der Waals surface area contributed by atoms with Crippen LogP contribution in [0.15, 0.2) is 91.1 Å². The van der Waals surface area contributed by atoms with E-state index >= 15 is 0 Å². The first-order valence-electron chi connectivity index (χ1n) is 14.3. The standard InChI is InChI=1S/C34H36N4O5/c1-23(9-8-14-32(41)38(17-18-39)22-24-10-4-3-5-11-24)34(43)28-20-26(15-16-30(28)37(2)33(34)42)36-31(40)19-25-21-35-29-13-7-6-12-27(25)29/h3-13,15-16,20-21,23,35,39,43H,14,17-19,22H2,1-2H3,(H,36,40)/b9-8+/t23-,34+/m0/s1. The van der Waals surface area contributed by atoms with E-state index < -0.39 is 17.4 Å². The minimum absolute atomic E-state index is 0.0497. The third-order valence-electron chi connectivity index (χ3n) is 8.02. The summed E-state index contributed by atoms with van der Waals surface area (Å²) < 4.78 is 0. The SMILES string of the molecule is C[C@@H](/C=C/CC(=O)N(CCO)Cc1ccccc1)[C@]1(O)C(=O)N(C)c2ccc(NC(=O)Cc3c[nH]c4ccccc34)cc21. The average Bonchev–Trinajstić information content (AvgIpc) is 3.50. The zero-order chi connectivity index (χ0) is 30.6. The number of nitrogens with one attached hydrogen (secondary N) is 2. The molecule has 5 rings (SSSR count). The first-order chi connectivity index (χ1) is 20.7. The summed E-state index contributed by atoms with van der Waals surface area (Å²) >= 11 is 0. The molecule has 9 nitrogen and oxygen atoms in total. The predicted octanol–water partition coefficient (Wildman–Crippen LogP) is 4.12. The molecule has 0 radical (unpaired) electrons. The summed E-state index contributed by atoms with van der Waals surface area (Å²) in [7, 11) is 1.60. The van der Waals surface area contributed by atoms with Gasteiger partial charge in [0.2, 0.25) is 11.8 Å². The van der Waals surface area contributed by atoms with Gasteiger partial charge in [0, 0.05) is 60.8 Å². The van der Waals surface area contributed by atoms with E-state index in [0.29, 0.717) is 23.5 Å². The maximum atomic E-state index is 13.3. The van der Waals surface area contributed by atoms with Crippen LogP contribution in [0.2, 0.25) is 0 Å². The van der Waals surface area contributed by atoms with Crippen molar-refractivity contribution in [2.45, 2.75) is 31.9 Å². The third-order valence-corrected chi connectivity index (χ3v) is 8.02. The van der Waals surface area contributed by atoms with Gasteiger partial charge in [0.25, 0.3) is 5.91 Å². The Morgan fingerprint density at radius 3 is 2.60 bits per heavy atom. The summed E-state index contributed by atoms with van der Waals surface area (Å²) in [6, 6.07) is 22.4. The topological polar surface area (TPSA) is 126 Å². The third kappa shape index (κ3) is 6.09. The lowest BCUT2D eigenvalue weighted by Gasteiger charge is -2.27. The lowest BCUT2D eigenvalue weighted by Crippen LogP contribution is -2.43. The number of carbonyl (C=O) groups is 3. The van der Waals surface area contributed by atoms with Crippen molar-refractivity contribution in [3.63, 3.8) is 0 Å². The van der Waals surface area contributed by atoms with E-state index in [1.54, 1.807) is 49.2 Å². The van der Waals surface area contributed by atoms with Crippen LogP contribution in [-0.2, 0) is 33.0 Å². The van der Waals surface area contributed by atoms with Crippen LogP contribution in [0, 0.1) is 5.92 Å². The van der Waals surface area contributed by atoms with Gasteiger partial charge in [0.1, 0.15) is 0 Å². The Bertz CT molecular complexity index is 1660. The molecule has 43 heavy (non-hydrogen) atoms. The lowest BCUT2D eigenvalue weighted by molar-refractivity contribution is -0.139. The maximum Gasteiger partial charge on any atom is 0.264 e. The van der Waals surface area contributed by atoms with Crippen molar-refractivity contribution in [3.05, 3.63) is 108 Å². The Labute approximate surface area is 250 Å². The van der Waals surface area contributed by atoms with Crippen LogP contribution in [0.4, 0.5) is 11.4 Å². The molecule has 1 aliphatic rings. The minimum Gasteiger partial charge on any atom is -0.395 e. The van der Waals surface area contributed by atoms with Crippen molar-refractivity contribution in [2.24, 2.45) is 5.92 Å². The van der Waals surface area contributed by atoms with E-state index in [4.69, 9.17) is 0 Å². The van der Waals surface area contributed by atoms with Crippen molar-refractivity contribution in [3.8, 4) is 0 Å². The number of H-pyrrole nitrogens is 1. The number of hydrogen-bond acceptors (Lipinski definition) is 5. The van der Waals surface area contributed by atoms with Crippen LogP contribution in [0.1, 0.15) is 30.0 Å². The number of benzene rings is 3. The van der Waals surface area contributed by atoms with E-state index in [0.717, 1.165) is 22.0 Å². The molecular weight excluding hydrogens is 544 g/mol. The number of likely N-dealkylation sites (N-methyl/N-ethyl adjacent to an activating group) is 1. The minimum atomic E-state index is -1.88. The Morgan fingerprint density at radius 2 is 1.84 bits per heavy atom. The molecule has 0 fully saturated rings. The molecule has 4 N–H and O–H groups in total. The molecule has 2 atom stereocenters. The summed E-state index contributed by atoms with van der Waals surface area (Å²) in [4.78, 5) is 45.4. The fraction of sp³-hybridized carbons (Fsp3) is 0.265. The summed E-state index contributed by atoms with van der Waals surface area (Å²) in [5.74, 6) is -1.56. The molecular formula is C34H36N4O5. The molecule has 3 amide bonds. The average molecular weight is 581 g/mol. The van der Waals surface area contributed by atoms with Crippen LogP contribution in [0.3, 0.4) is 0 Å². The highest BCUT2D eigenvalue weighted by Crippen LogP contribution is 2.45. The molecule has 222 valence electrons. The number of nitrogens with zero attached hydrogens (tertiary/aromatic N) is 2. The Hall–Kier alpha value is -4.73. The fourth-order valence-corrected chi connectivity index (χ4v) is 5.65. The van der Waals surface area contributed by atoms with Gasteiger partial charge < -0.3 is 30.3 Å². The van der Waals surface area contributed by atoms with Gasteiger partial charge in [-0.3, -0.25) is 14.4 Å². The maximum absolute atomic E-state index is 13.3. The first-order valence-corrected chi connectivity index (χ1v) is 14.3. The largest absolute Gasteiger partial charge is 0.395 e. The van der Waals surface area contributed by atoms with E-state index in [1.165, 1.54) is 4.90 Å². The fourth-order valence-electron chi connectivity index (χ4n) is 5.65. The monoisotopic (exact) mass is 580 g/mol. The molecule has 4 aromatic rings. The number of fused-ring (bicyclic) bond motifs is 2. The smallest absolute Gasteiger partial charge is 0.264 e. The number of aromatic amines is 1. The second-order valence-electron chi connectivity index (χ2n) is 10.9. The number of aliphatic hydroxyl groups is 2. The number of para-hydroxylation sites is 1. The molecule has 1 aromatic heterocycles. The lowest BCUT2D eigenvalue weighted by atomic mass is 9.82. The summed E-state index contributed by atoms with van der Waals surface area (Å²) in [5.41, 5.74) is 2.31. The van der Waals surface area contributed by atoms with Crippen LogP contribution in [-0.4, -0.2) is 58.0 Å². The van der Waals surface area contributed by atoms with Gasteiger partial charge in [0.05, 0.1) is 18.7 Å². The number of aliphatic hydroxyl groups excluding tert-OH is 1. The van der Waals surface area contributed by atoms with Crippen molar-refractivity contribution in [2.75, 3.05) is 30.4 Å².